The molecule has 0 radical (unpaired) electrons. The van der Waals surface area contributed by atoms with Gasteiger partial charge in [-0.25, -0.2) is 0 Å². The van der Waals surface area contributed by atoms with Crippen molar-refractivity contribution in [3.05, 3.63) is 77.9 Å². The summed E-state index contributed by atoms with van der Waals surface area (Å²) in [5.74, 6) is 1.07. The fraction of sp³-hybridized carbons (Fsp3) is 0.464. The molecule has 1 aromatic carbocycles. The maximum absolute atomic E-state index is 12.1. The number of ketones is 1. The molecule has 0 heterocycles. The number of aliphatic hydroxyl groups excluding tert-OH is 1. The molecule has 2 atom stereocenters. The summed E-state index contributed by atoms with van der Waals surface area (Å²) in [6.45, 7) is 3.45. The number of allylic oxidation sites excluding steroid dienone is 6. The van der Waals surface area contributed by atoms with Gasteiger partial charge in [-0.3, -0.25) is 4.79 Å². The predicted molar refractivity (Wildman–Crippen MR) is 131 cm³/mol. The van der Waals surface area contributed by atoms with Crippen LogP contribution in [-0.2, 0) is 16.1 Å². The van der Waals surface area contributed by atoms with Crippen LogP contribution in [0.25, 0.3) is 0 Å². The van der Waals surface area contributed by atoms with Crippen molar-refractivity contribution in [3.63, 3.8) is 0 Å². The number of benzene rings is 1. The van der Waals surface area contributed by atoms with E-state index < -0.39 is 6.10 Å². The van der Waals surface area contributed by atoms with E-state index in [1.807, 2.05) is 42.5 Å². The van der Waals surface area contributed by atoms with Gasteiger partial charge in [-0.1, -0.05) is 55.5 Å². The Hall–Kier alpha value is -2.43. The number of methoxy groups -OCH3 is 1. The third kappa shape index (κ3) is 9.80. The number of aliphatic hydroxyl groups is 1. The third-order valence-electron chi connectivity index (χ3n) is 5.48. The number of hydrogen-bond acceptors (Lipinski definition) is 4. The molecule has 1 N–H and O–H groups in total. The molecule has 0 saturated heterocycles. The van der Waals surface area contributed by atoms with Gasteiger partial charge in [-0.05, 0) is 68.7 Å². The monoisotopic (exact) mass is 438 g/mol. The highest BCUT2D eigenvalue weighted by molar-refractivity contribution is 6.07. The van der Waals surface area contributed by atoms with Gasteiger partial charge in [0.05, 0.1) is 19.8 Å². The van der Waals surface area contributed by atoms with Crippen molar-refractivity contribution in [1.29, 1.82) is 0 Å². The number of carbonyl (C=O) groups is 1. The van der Waals surface area contributed by atoms with Crippen LogP contribution in [0.4, 0.5) is 0 Å². The van der Waals surface area contributed by atoms with Crippen molar-refractivity contribution in [2.45, 2.75) is 64.6 Å². The molecule has 1 aliphatic carbocycles. The Kier molecular flexibility index (Phi) is 12.4. The number of hydrogen-bond donors (Lipinski definition) is 1. The lowest BCUT2D eigenvalue weighted by Gasteiger charge is -2.10. The van der Waals surface area contributed by atoms with Crippen LogP contribution in [0, 0.1) is 5.92 Å². The van der Waals surface area contributed by atoms with Crippen LogP contribution in [0.15, 0.2) is 72.4 Å². The van der Waals surface area contributed by atoms with Gasteiger partial charge in [0.2, 0.25) is 0 Å². The summed E-state index contributed by atoms with van der Waals surface area (Å²) in [6.07, 6.45) is 19.6. The Morgan fingerprint density at radius 1 is 1.06 bits per heavy atom. The molecule has 174 valence electrons. The van der Waals surface area contributed by atoms with Crippen molar-refractivity contribution >= 4 is 5.78 Å². The molecule has 1 aromatic rings. The lowest BCUT2D eigenvalue weighted by Crippen LogP contribution is -2.07. The van der Waals surface area contributed by atoms with E-state index in [4.69, 9.17) is 9.47 Å². The molecule has 0 bridgehead atoms. The lowest BCUT2D eigenvalue weighted by atomic mass is 9.96. The first kappa shape index (κ1) is 25.8. The van der Waals surface area contributed by atoms with Crippen LogP contribution in [-0.4, -0.2) is 30.7 Å². The fourth-order valence-electron chi connectivity index (χ4n) is 3.56. The molecule has 4 heteroatoms. The quantitative estimate of drug-likeness (QED) is 0.204. The van der Waals surface area contributed by atoms with Gasteiger partial charge in [0, 0.05) is 18.1 Å². The second kappa shape index (κ2) is 15.4. The maximum Gasteiger partial charge on any atom is 0.181 e. The molecule has 1 aliphatic rings. The Labute approximate surface area is 193 Å². The van der Waals surface area contributed by atoms with Crippen LogP contribution in [0.2, 0.25) is 0 Å². The molecule has 0 aromatic heterocycles. The van der Waals surface area contributed by atoms with Crippen LogP contribution in [0.3, 0.4) is 0 Å². The van der Waals surface area contributed by atoms with E-state index in [1.54, 1.807) is 13.2 Å². The molecule has 0 aliphatic heterocycles. The van der Waals surface area contributed by atoms with E-state index in [1.165, 1.54) is 0 Å². The van der Waals surface area contributed by atoms with Gasteiger partial charge in [0.1, 0.15) is 5.75 Å². The Bertz CT molecular complexity index is 786. The van der Waals surface area contributed by atoms with E-state index in [0.717, 1.165) is 55.6 Å². The number of ether oxygens (including phenoxy) is 2. The first-order valence-corrected chi connectivity index (χ1v) is 11.7. The second-order valence-electron chi connectivity index (χ2n) is 8.10. The smallest absolute Gasteiger partial charge is 0.181 e. The van der Waals surface area contributed by atoms with Crippen molar-refractivity contribution in [3.8, 4) is 5.75 Å². The van der Waals surface area contributed by atoms with Gasteiger partial charge in [-0.15, -0.1) is 0 Å². The van der Waals surface area contributed by atoms with Gasteiger partial charge >= 0.3 is 0 Å². The molecular weight excluding hydrogens is 400 g/mol. The van der Waals surface area contributed by atoms with Crippen LogP contribution >= 0.6 is 0 Å². The lowest BCUT2D eigenvalue weighted by molar-refractivity contribution is -0.111. The van der Waals surface area contributed by atoms with Crippen LogP contribution < -0.4 is 4.74 Å². The molecule has 0 saturated carbocycles. The van der Waals surface area contributed by atoms with E-state index >= 15 is 0 Å². The average molecular weight is 439 g/mol. The average Bonchev–Trinajstić information content (AvgIpc) is 3.16. The van der Waals surface area contributed by atoms with Gasteiger partial charge in [0.15, 0.2) is 5.78 Å². The van der Waals surface area contributed by atoms with E-state index in [9.17, 15) is 9.90 Å². The minimum Gasteiger partial charge on any atom is -0.497 e. The minimum atomic E-state index is -0.429. The van der Waals surface area contributed by atoms with E-state index in [0.29, 0.717) is 19.4 Å². The van der Waals surface area contributed by atoms with E-state index in [-0.39, 0.29) is 11.7 Å². The minimum absolute atomic E-state index is 0.0775. The summed E-state index contributed by atoms with van der Waals surface area (Å²) in [5, 5.41) is 10.1. The topological polar surface area (TPSA) is 55.8 Å². The molecule has 0 amide bonds. The highest BCUT2D eigenvalue weighted by Crippen LogP contribution is 2.26. The summed E-state index contributed by atoms with van der Waals surface area (Å²) < 4.78 is 10.9. The SMILES string of the molecule is CC/C=C\C[C@H](O)C/C=C1/C(=O)C=C[C@@H]1C/C=C\CCCCOCc1ccc(OC)cc1. The first-order valence-electron chi connectivity index (χ1n) is 11.7. The normalized spacial score (nSPS) is 18.4. The fourth-order valence-corrected chi connectivity index (χ4v) is 3.56. The van der Waals surface area contributed by atoms with Crippen molar-refractivity contribution in [1.82, 2.24) is 0 Å². The van der Waals surface area contributed by atoms with Crippen LogP contribution in [0.1, 0.15) is 57.4 Å². The highest BCUT2D eigenvalue weighted by Gasteiger charge is 2.21. The number of unbranched alkanes of at least 4 members (excludes halogenated alkanes) is 2. The van der Waals surface area contributed by atoms with Gasteiger partial charge < -0.3 is 14.6 Å². The molecule has 0 unspecified atom stereocenters. The molecule has 2 rings (SSSR count). The summed E-state index contributed by atoms with van der Waals surface area (Å²) >= 11 is 0. The molecule has 32 heavy (non-hydrogen) atoms. The zero-order valence-electron chi connectivity index (χ0n) is 19.5. The highest BCUT2D eigenvalue weighted by atomic mass is 16.5. The summed E-state index contributed by atoms with van der Waals surface area (Å²) in [4.78, 5) is 12.1. The predicted octanol–water partition coefficient (Wildman–Crippen LogP) is 6.12. The van der Waals surface area contributed by atoms with Gasteiger partial charge in [-0.2, -0.15) is 0 Å². The first-order chi connectivity index (χ1) is 15.6. The Morgan fingerprint density at radius 3 is 2.62 bits per heavy atom. The Balaban J connectivity index is 1.60. The molecule has 0 fully saturated rings. The third-order valence-corrected chi connectivity index (χ3v) is 5.48. The molecule has 0 spiro atoms. The van der Waals surface area contributed by atoms with E-state index in [2.05, 4.69) is 25.2 Å². The van der Waals surface area contributed by atoms with Gasteiger partial charge in [0.25, 0.3) is 0 Å². The van der Waals surface area contributed by atoms with Crippen molar-refractivity contribution in [2.24, 2.45) is 5.92 Å². The largest absolute Gasteiger partial charge is 0.497 e. The zero-order chi connectivity index (χ0) is 23.0. The maximum atomic E-state index is 12.1. The standard InChI is InChI=1S/C28H38O4/c1-3-4-8-12-25(29)16-19-27-24(15-20-28(27)30)11-9-6-5-7-10-21-32-22-23-13-17-26(31-2)18-14-23/h4,6,8-9,13-15,17-20,24-25,29H,3,5,7,10-12,16,21-22H2,1-2H3/b8-4-,9-6-,27-19+/t24-,25-/m0/s1. The summed E-state index contributed by atoms with van der Waals surface area (Å²) in [5.41, 5.74) is 1.97. The summed E-state index contributed by atoms with van der Waals surface area (Å²) in [7, 11) is 1.67. The van der Waals surface area contributed by atoms with Crippen molar-refractivity contribution < 1.29 is 19.4 Å². The van der Waals surface area contributed by atoms with Crippen LogP contribution in [0.5, 0.6) is 5.75 Å². The second-order valence-corrected chi connectivity index (χ2v) is 8.10. The summed E-state index contributed by atoms with van der Waals surface area (Å²) in [6, 6.07) is 7.95. The Morgan fingerprint density at radius 2 is 1.88 bits per heavy atom. The number of carbonyl (C=O) groups excluding carboxylic acids is 1. The molecule has 4 nitrogen and oxygen atoms in total. The molecular formula is C28H38O4. The number of rotatable bonds is 15. The van der Waals surface area contributed by atoms with Crippen molar-refractivity contribution in [2.75, 3.05) is 13.7 Å². The zero-order valence-corrected chi connectivity index (χ0v) is 19.5.